The second-order valence-corrected chi connectivity index (χ2v) is 8.23. The Bertz CT molecular complexity index is 1560. The van der Waals surface area contributed by atoms with Gasteiger partial charge in [0, 0.05) is 29.2 Å². The number of nitriles is 1. The van der Waals surface area contributed by atoms with Crippen molar-refractivity contribution >= 4 is 22.4 Å². The Kier molecular flexibility index (Phi) is 4.37. The quantitative estimate of drug-likeness (QED) is 0.409. The number of aromatic amines is 1. The molecule has 1 aliphatic rings. The van der Waals surface area contributed by atoms with Crippen LogP contribution >= 0.6 is 0 Å². The number of fused-ring (bicyclic) bond motifs is 2. The fourth-order valence-electron chi connectivity index (χ4n) is 4.69. The van der Waals surface area contributed by atoms with Gasteiger partial charge in [-0.05, 0) is 61.4 Å². The van der Waals surface area contributed by atoms with Gasteiger partial charge < -0.3 is 9.88 Å². The summed E-state index contributed by atoms with van der Waals surface area (Å²) < 4.78 is 30.0. The topological polar surface area (TPSA) is 73.0 Å². The van der Waals surface area contributed by atoms with Gasteiger partial charge in [-0.3, -0.25) is 0 Å². The standard InChI is InChI=1S/C25H18F2N6/c26-17-4-5-20(27)18(12-17)23-2-1-8-32(23)24-7-9-33-25(31-24)19(14-29-33)22-11-16-10-15(13-28)3-6-21(16)30-22/h3-7,9-12,14,23,30H,1-2,8H2. The number of rotatable bonds is 3. The van der Waals surface area contributed by atoms with Gasteiger partial charge in [-0.15, -0.1) is 0 Å². The van der Waals surface area contributed by atoms with E-state index in [1.165, 1.54) is 12.1 Å². The van der Waals surface area contributed by atoms with E-state index in [2.05, 4.69) is 16.2 Å². The Morgan fingerprint density at radius 1 is 1.09 bits per heavy atom. The summed E-state index contributed by atoms with van der Waals surface area (Å²) in [6.45, 7) is 0.705. The van der Waals surface area contributed by atoms with Crippen LogP contribution in [0.1, 0.15) is 30.0 Å². The highest BCUT2D eigenvalue weighted by Crippen LogP contribution is 2.37. The van der Waals surface area contributed by atoms with Gasteiger partial charge in [-0.1, -0.05) is 0 Å². The molecule has 1 atom stereocenters. The molecule has 3 aromatic heterocycles. The summed E-state index contributed by atoms with van der Waals surface area (Å²) in [4.78, 5) is 10.3. The highest BCUT2D eigenvalue weighted by molar-refractivity contribution is 5.89. The number of hydrogen-bond donors (Lipinski definition) is 1. The van der Waals surface area contributed by atoms with Crippen molar-refractivity contribution in [3.8, 4) is 17.3 Å². The van der Waals surface area contributed by atoms with E-state index in [0.29, 0.717) is 29.1 Å². The van der Waals surface area contributed by atoms with Crippen molar-refractivity contribution in [1.29, 1.82) is 5.26 Å². The predicted molar refractivity (Wildman–Crippen MR) is 121 cm³/mol. The number of nitrogens with zero attached hydrogens (tertiary/aromatic N) is 5. The normalized spacial score (nSPS) is 16.0. The summed E-state index contributed by atoms with van der Waals surface area (Å²) >= 11 is 0. The number of hydrogen-bond acceptors (Lipinski definition) is 4. The molecule has 0 bridgehead atoms. The maximum atomic E-state index is 14.5. The van der Waals surface area contributed by atoms with Gasteiger partial charge in [0.2, 0.25) is 0 Å². The average molecular weight is 440 g/mol. The summed E-state index contributed by atoms with van der Waals surface area (Å²) in [5.41, 5.74) is 4.18. The second-order valence-electron chi connectivity index (χ2n) is 8.23. The first-order chi connectivity index (χ1) is 16.1. The van der Waals surface area contributed by atoms with E-state index in [-0.39, 0.29) is 6.04 Å². The number of benzene rings is 2. The number of anilines is 1. The molecule has 6 nitrogen and oxygen atoms in total. The van der Waals surface area contributed by atoms with Crippen molar-refractivity contribution in [3.63, 3.8) is 0 Å². The van der Waals surface area contributed by atoms with Gasteiger partial charge in [0.15, 0.2) is 5.65 Å². The van der Waals surface area contributed by atoms with Gasteiger partial charge in [0.05, 0.1) is 35.1 Å². The zero-order valence-electron chi connectivity index (χ0n) is 17.5. The van der Waals surface area contributed by atoms with Gasteiger partial charge in [-0.2, -0.15) is 10.4 Å². The van der Waals surface area contributed by atoms with Gasteiger partial charge in [-0.25, -0.2) is 18.3 Å². The molecule has 2 aromatic carbocycles. The lowest BCUT2D eigenvalue weighted by Gasteiger charge is -2.26. The first-order valence-corrected chi connectivity index (χ1v) is 10.7. The zero-order valence-corrected chi connectivity index (χ0v) is 17.5. The van der Waals surface area contributed by atoms with E-state index in [1.807, 2.05) is 35.4 Å². The number of halogens is 2. The Hall–Kier alpha value is -4.25. The summed E-state index contributed by atoms with van der Waals surface area (Å²) in [5.74, 6) is -0.161. The van der Waals surface area contributed by atoms with Crippen molar-refractivity contribution < 1.29 is 8.78 Å². The van der Waals surface area contributed by atoms with Crippen molar-refractivity contribution in [2.75, 3.05) is 11.4 Å². The van der Waals surface area contributed by atoms with E-state index >= 15 is 0 Å². The molecular formula is C25H18F2N6. The molecule has 8 heteroatoms. The molecule has 0 saturated carbocycles. The molecule has 1 saturated heterocycles. The van der Waals surface area contributed by atoms with E-state index in [4.69, 9.17) is 10.2 Å². The van der Waals surface area contributed by atoms with Crippen LogP contribution in [0, 0.1) is 23.0 Å². The van der Waals surface area contributed by atoms with Gasteiger partial charge in [0.25, 0.3) is 0 Å². The zero-order chi connectivity index (χ0) is 22.5. The molecule has 0 spiro atoms. The van der Waals surface area contributed by atoms with Crippen LogP contribution in [-0.4, -0.2) is 26.1 Å². The third-order valence-electron chi connectivity index (χ3n) is 6.26. The van der Waals surface area contributed by atoms with Crippen molar-refractivity contribution in [2.24, 2.45) is 0 Å². The van der Waals surface area contributed by atoms with Gasteiger partial charge >= 0.3 is 0 Å². The Balaban J connectivity index is 1.42. The van der Waals surface area contributed by atoms with Crippen molar-refractivity contribution in [1.82, 2.24) is 19.6 Å². The summed E-state index contributed by atoms with van der Waals surface area (Å²) in [6, 6.07) is 14.8. The first-order valence-electron chi connectivity index (χ1n) is 10.7. The van der Waals surface area contributed by atoms with Gasteiger partial charge in [0.1, 0.15) is 17.5 Å². The van der Waals surface area contributed by atoms with Crippen LogP contribution < -0.4 is 4.90 Å². The third-order valence-corrected chi connectivity index (χ3v) is 6.26. The van der Waals surface area contributed by atoms with Crippen LogP contribution in [-0.2, 0) is 0 Å². The summed E-state index contributed by atoms with van der Waals surface area (Å²) in [5, 5.41) is 14.5. The molecule has 1 fully saturated rings. The Morgan fingerprint density at radius 2 is 2.00 bits per heavy atom. The molecule has 33 heavy (non-hydrogen) atoms. The van der Waals surface area contributed by atoms with Crippen LogP contribution in [0.5, 0.6) is 0 Å². The molecule has 0 aliphatic carbocycles. The lowest BCUT2D eigenvalue weighted by Crippen LogP contribution is -2.24. The Labute approximate surface area is 187 Å². The van der Waals surface area contributed by atoms with Crippen molar-refractivity contribution in [3.05, 3.63) is 83.7 Å². The predicted octanol–water partition coefficient (Wildman–Crippen LogP) is 5.37. The average Bonchev–Trinajstić information content (AvgIpc) is 3.57. The Morgan fingerprint density at radius 3 is 2.88 bits per heavy atom. The first kappa shape index (κ1) is 19.4. The molecule has 4 heterocycles. The van der Waals surface area contributed by atoms with Crippen LogP contribution in [0.2, 0.25) is 0 Å². The maximum absolute atomic E-state index is 14.5. The molecular weight excluding hydrogens is 422 g/mol. The molecule has 1 N–H and O–H groups in total. The second kappa shape index (κ2) is 7.41. The lowest BCUT2D eigenvalue weighted by molar-refractivity contribution is 0.560. The SMILES string of the molecule is N#Cc1ccc2[nH]c(-c3cnn4ccc(N5CCCC5c5cc(F)ccc5F)nc34)cc2c1. The largest absolute Gasteiger partial charge is 0.354 e. The highest BCUT2D eigenvalue weighted by atomic mass is 19.1. The van der Waals surface area contributed by atoms with E-state index in [0.717, 1.165) is 41.1 Å². The van der Waals surface area contributed by atoms with E-state index in [1.54, 1.807) is 16.8 Å². The van der Waals surface area contributed by atoms with E-state index in [9.17, 15) is 8.78 Å². The molecule has 162 valence electrons. The van der Waals surface area contributed by atoms with Crippen LogP contribution in [0.4, 0.5) is 14.6 Å². The maximum Gasteiger partial charge on any atom is 0.166 e. The molecule has 0 radical (unpaired) electrons. The fourth-order valence-corrected chi connectivity index (χ4v) is 4.69. The minimum absolute atomic E-state index is 0.278. The molecule has 0 amide bonds. The number of aromatic nitrogens is 4. The number of nitrogens with one attached hydrogen (secondary N) is 1. The van der Waals surface area contributed by atoms with E-state index < -0.39 is 11.6 Å². The molecule has 6 rings (SSSR count). The highest BCUT2D eigenvalue weighted by Gasteiger charge is 2.30. The lowest BCUT2D eigenvalue weighted by atomic mass is 10.0. The minimum atomic E-state index is -0.446. The van der Waals surface area contributed by atoms with Crippen LogP contribution in [0.15, 0.2) is 60.9 Å². The fraction of sp³-hybridized carbons (Fsp3) is 0.160. The third kappa shape index (κ3) is 3.21. The van der Waals surface area contributed by atoms with Crippen LogP contribution in [0.25, 0.3) is 27.8 Å². The minimum Gasteiger partial charge on any atom is -0.354 e. The molecule has 1 aliphatic heterocycles. The summed E-state index contributed by atoms with van der Waals surface area (Å²) in [7, 11) is 0. The number of H-pyrrole nitrogens is 1. The monoisotopic (exact) mass is 440 g/mol. The van der Waals surface area contributed by atoms with Crippen LogP contribution in [0.3, 0.4) is 0 Å². The summed E-state index contributed by atoms with van der Waals surface area (Å²) in [6.07, 6.45) is 5.16. The smallest absolute Gasteiger partial charge is 0.166 e. The molecule has 5 aromatic rings. The van der Waals surface area contributed by atoms with Crippen molar-refractivity contribution in [2.45, 2.75) is 18.9 Å². The molecule has 1 unspecified atom stereocenters.